The fourth-order valence-electron chi connectivity index (χ4n) is 1.33. The highest BCUT2D eigenvalue weighted by Gasteiger charge is 2.01. The Hall–Kier alpha value is -2.18. The third-order valence-electron chi connectivity index (χ3n) is 2.15. The Morgan fingerprint density at radius 3 is 3.00 bits per heavy atom. The van der Waals surface area contributed by atoms with Crippen LogP contribution in [0.3, 0.4) is 0 Å². The van der Waals surface area contributed by atoms with Crippen LogP contribution in [-0.2, 0) is 6.42 Å². The minimum absolute atomic E-state index is 0.576. The summed E-state index contributed by atoms with van der Waals surface area (Å²) in [6.07, 6.45) is 4.45. The molecule has 0 unspecified atom stereocenters. The average Bonchev–Trinajstić information content (AvgIpc) is 2.90. The number of aromatic nitrogens is 4. The molecule has 0 saturated heterocycles. The number of nitrogens with zero attached hydrogens (tertiary/aromatic N) is 4. The summed E-state index contributed by atoms with van der Waals surface area (Å²) in [5, 5.41) is 6.68. The van der Waals surface area contributed by atoms with Crippen LogP contribution in [0.5, 0.6) is 5.88 Å². The van der Waals surface area contributed by atoms with E-state index in [1.54, 1.807) is 6.07 Å². The lowest BCUT2D eigenvalue weighted by atomic mass is 10.4. The molecule has 7 nitrogen and oxygen atoms in total. The number of hydrogen-bond acceptors (Lipinski definition) is 7. The van der Waals surface area contributed by atoms with Crippen LogP contribution in [0.4, 0.5) is 5.82 Å². The van der Waals surface area contributed by atoms with Gasteiger partial charge < -0.3 is 14.6 Å². The molecule has 18 heavy (non-hydrogen) atoms. The smallest absolute Gasteiger partial charge is 0.228 e. The quantitative estimate of drug-likeness (QED) is 0.791. The first kappa shape index (κ1) is 12.3. The maximum absolute atomic E-state index is 5.42. The Balaban J connectivity index is 1.81. The van der Waals surface area contributed by atoms with Crippen LogP contribution in [0.1, 0.15) is 19.2 Å². The van der Waals surface area contributed by atoms with E-state index in [1.807, 2.05) is 6.92 Å². The summed E-state index contributed by atoms with van der Waals surface area (Å²) in [7, 11) is 0. The predicted molar refractivity (Wildman–Crippen MR) is 64.3 cm³/mol. The van der Waals surface area contributed by atoms with E-state index in [1.165, 1.54) is 12.7 Å². The normalized spacial score (nSPS) is 10.3. The van der Waals surface area contributed by atoms with E-state index in [0.717, 1.165) is 12.2 Å². The van der Waals surface area contributed by atoms with Crippen LogP contribution in [-0.4, -0.2) is 33.3 Å². The third-order valence-corrected chi connectivity index (χ3v) is 2.15. The van der Waals surface area contributed by atoms with E-state index >= 15 is 0 Å². The van der Waals surface area contributed by atoms with Crippen molar-refractivity contribution in [1.29, 1.82) is 0 Å². The lowest BCUT2D eigenvalue weighted by Crippen LogP contribution is -2.07. The largest absolute Gasteiger partial charge is 0.478 e. The monoisotopic (exact) mass is 249 g/mol. The van der Waals surface area contributed by atoms with E-state index in [9.17, 15) is 0 Å². The summed E-state index contributed by atoms with van der Waals surface area (Å²) < 4.78 is 10.3. The molecular weight excluding hydrogens is 234 g/mol. The second-order valence-corrected chi connectivity index (χ2v) is 3.60. The zero-order valence-electron chi connectivity index (χ0n) is 10.2. The van der Waals surface area contributed by atoms with E-state index in [0.29, 0.717) is 31.3 Å². The predicted octanol–water partition coefficient (Wildman–Crippen LogP) is 1.30. The Labute approximate surface area is 105 Å². The van der Waals surface area contributed by atoms with Crippen molar-refractivity contribution >= 4 is 5.82 Å². The molecule has 0 aliphatic carbocycles. The second kappa shape index (κ2) is 6.53. The van der Waals surface area contributed by atoms with Crippen LogP contribution in [0.15, 0.2) is 23.2 Å². The molecule has 2 heterocycles. The SMILES string of the molecule is CCCOc1cc(NCCc2ncno2)ncn1. The highest BCUT2D eigenvalue weighted by atomic mass is 16.5. The van der Waals surface area contributed by atoms with Gasteiger partial charge in [0.15, 0.2) is 6.33 Å². The maximum atomic E-state index is 5.42. The highest BCUT2D eigenvalue weighted by molar-refractivity contribution is 5.36. The molecule has 0 aliphatic heterocycles. The summed E-state index contributed by atoms with van der Waals surface area (Å²) in [6, 6.07) is 1.77. The van der Waals surface area contributed by atoms with Crippen LogP contribution >= 0.6 is 0 Å². The summed E-state index contributed by atoms with van der Waals surface area (Å²) >= 11 is 0. The van der Waals surface area contributed by atoms with Gasteiger partial charge in [-0.2, -0.15) is 4.98 Å². The standard InChI is InChI=1S/C11H15N5O2/c1-2-5-17-11-6-9(13-7-14-11)12-4-3-10-15-8-16-18-10/h6-8H,2-5H2,1H3,(H,12,13,14). The lowest BCUT2D eigenvalue weighted by Gasteiger charge is -2.06. The van der Waals surface area contributed by atoms with Gasteiger partial charge in [0.1, 0.15) is 12.1 Å². The van der Waals surface area contributed by atoms with Gasteiger partial charge in [0, 0.05) is 19.0 Å². The lowest BCUT2D eigenvalue weighted by molar-refractivity contribution is 0.305. The van der Waals surface area contributed by atoms with Gasteiger partial charge in [0.05, 0.1) is 6.61 Å². The van der Waals surface area contributed by atoms with Crippen molar-refractivity contribution < 1.29 is 9.26 Å². The van der Waals surface area contributed by atoms with Gasteiger partial charge in [0.2, 0.25) is 11.8 Å². The molecule has 0 aliphatic rings. The number of rotatable bonds is 7. The van der Waals surface area contributed by atoms with Gasteiger partial charge in [0.25, 0.3) is 0 Å². The molecule has 96 valence electrons. The van der Waals surface area contributed by atoms with Crippen molar-refractivity contribution in [3.63, 3.8) is 0 Å². The van der Waals surface area contributed by atoms with E-state index in [4.69, 9.17) is 9.26 Å². The molecular formula is C11H15N5O2. The first-order valence-electron chi connectivity index (χ1n) is 5.82. The molecule has 7 heteroatoms. The first-order chi connectivity index (χ1) is 8.88. The van der Waals surface area contributed by atoms with E-state index in [-0.39, 0.29) is 0 Å². The third kappa shape index (κ3) is 3.69. The fraction of sp³-hybridized carbons (Fsp3) is 0.455. The summed E-state index contributed by atoms with van der Waals surface area (Å²) in [5.74, 6) is 1.89. The number of anilines is 1. The first-order valence-corrected chi connectivity index (χ1v) is 5.82. The fourth-order valence-corrected chi connectivity index (χ4v) is 1.33. The Kier molecular flexibility index (Phi) is 4.46. The molecule has 0 fully saturated rings. The van der Waals surface area contributed by atoms with Crippen molar-refractivity contribution in [2.45, 2.75) is 19.8 Å². The zero-order valence-corrected chi connectivity index (χ0v) is 10.2. The molecule has 0 radical (unpaired) electrons. The molecule has 1 N–H and O–H groups in total. The van der Waals surface area contributed by atoms with Crippen molar-refractivity contribution in [3.05, 3.63) is 24.6 Å². The molecule has 0 saturated carbocycles. The minimum Gasteiger partial charge on any atom is -0.478 e. The second-order valence-electron chi connectivity index (χ2n) is 3.60. The van der Waals surface area contributed by atoms with Gasteiger partial charge in [-0.05, 0) is 6.42 Å². The summed E-state index contributed by atoms with van der Waals surface area (Å²) in [6.45, 7) is 3.36. The molecule has 0 bridgehead atoms. The highest BCUT2D eigenvalue weighted by Crippen LogP contribution is 2.11. The Bertz CT molecular complexity index is 460. The minimum atomic E-state index is 0.576. The van der Waals surface area contributed by atoms with Crippen molar-refractivity contribution in [1.82, 2.24) is 20.1 Å². The molecule has 2 aromatic heterocycles. The van der Waals surface area contributed by atoms with Gasteiger partial charge in [-0.25, -0.2) is 9.97 Å². The van der Waals surface area contributed by atoms with Gasteiger partial charge in [-0.1, -0.05) is 12.1 Å². The zero-order chi connectivity index (χ0) is 12.6. The van der Waals surface area contributed by atoms with E-state index in [2.05, 4.69) is 25.4 Å². The Morgan fingerprint density at radius 1 is 1.28 bits per heavy atom. The van der Waals surface area contributed by atoms with Crippen molar-refractivity contribution in [2.24, 2.45) is 0 Å². The molecule has 0 spiro atoms. The van der Waals surface area contributed by atoms with Crippen LogP contribution in [0.25, 0.3) is 0 Å². The molecule has 0 atom stereocenters. The average molecular weight is 249 g/mol. The van der Waals surface area contributed by atoms with Gasteiger partial charge in [-0.15, -0.1) is 0 Å². The van der Waals surface area contributed by atoms with Crippen LogP contribution in [0.2, 0.25) is 0 Å². The summed E-state index contributed by atoms with van der Waals surface area (Å²) in [5.41, 5.74) is 0. The number of hydrogen-bond donors (Lipinski definition) is 1. The van der Waals surface area contributed by atoms with Crippen molar-refractivity contribution in [2.75, 3.05) is 18.5 Å². The molecule has 0 aromatic carbocycles. The molecule has 0 amide bonds. The van der Waals surface area contributed by atoms with Crippen LogP contribution < -0.4 is 10.1 Å². The maximum Gasteiger partial charge on any atom is 0.228 e. The molecule has 2 rings (SSSR count). The Morgan fingerprint density at radius 2 is 2.22 bits per heavy atom. The number of nitrogens with one attached hydrogen (secondary N) is 1. The van der Waals surface area contributed by atoms with Crippen LogP contribution in [0, 0.1) is 0 Å². The van der Waals surface area contributed by atoms with Gasteiger partial charge >= 0.3 is 0 Å². The van der Waals surface area contributed by atoms with Gasteiger partial charge in [-0.3, -0.25) is 0 Å². The molecule has 2 aromatic rings. The summed E-state index contributed by atoms with van der Waals surface area (Å²) in [4.78, 5) is 12.0. The van der Waals surface area contributed by atoms with Crippen molar-refractivity contribution in [3.8, 4) is 5.88 Å². The number of ether oxygens (including phenoxy) is 1. The van der Waals surface area contributed by atoms with E-state index < -0.39 is 0 Å². The topological polar surface area (TPSA) is 86.0 Å².